The Labute approximate surface area is 168 Å². The average Bonchev–Trinajstić information content (AvgIpc) is 3.27. The van der Waals surface area contributed by atoms with Gasteiger partial charge < -0.3 is 15.4 Å². The Bertz CT molecular complexity index is 893. The van der Waals surface area contributed by atoms with Crippen LogP contribution >= 0.6 is 11.3 Å². The molecule has 1 heterocycles. The van der Waals surface area contributed by atoms with E-state index in [1.807, 2.05) is 60.0 Å². The van der Waals surface area contributed by atoms with E-state index >= 15 is 0 Å². The van der Waals surface area contributed by atoms with Gasteiger partial charge in [0.05, 0.1) is 4.88 Å². The van der Waals surface area contributed by atoms with Gasteiger partial charge in [-0.05, 0) is 41.6 Å². The largest absolute Gasteiger partial charge is 0.489 e. The highest BCUT2D eigenvalue weighted by atomic mass is 32.1. The van der Waals surface area contributed by atoms with Crippen molar-refractivity contribution in [3.05, 3.63) is 88.1 Å². The molecule has 1 aromatic heterocycles. The summed E-state index contributed by atoms with van der Waals surface area (Å²) in [5.41, 5.74) is 2.03. The molecule has 0 radical (unpaired) electrons. The number of amides is 2. The molecule has 0 spiro atoms. The van der Waals surface area contributed by atoms with Gasteiger partial charge in [0.2, 0.25) is 5.91 Å². The van der Waals surface area contributed by atoms with Crippen LogP contribution in [0.25, 0.3) is 0 Å². The smallest absolute Gasteiger partial charge is 0.261 e. The summed E-state index contributed by atoms with van der Waals surface area (Å²) >= 11 is 1.34. The van der Waals surface area contributed by atoms with Gasteiger partial charge in [-0.2, -0.15) is 0 Å². The number of ether oxygens (including phenoxy) is 1. The Kier molecular flexibility index (Phi) is 6.81. The van der Waals surface area contributed by atoms with Crippen LogP contribution in [0.1, 0.15) is 27.7 Å². The van der Waals surface area contributed by atoms with Crippen LogP contribution in [0.2, 0.25) is 0 Å². The SMILES string of the molecule is CC(NC(=O)c1cccs1)C(=O)NCc1ccc(COc2ccccc2)cc1. The van der Waals surface area contributed by atoms with Crippen LogP contribution in [0.5, 0.6) is 5.75 Å². The van der Waals surface area contributed by atoms with Crippen molar-refractivity contribution < 1.29 is 14.3 Å². The fourth-order valence-corrected chi connectivity index (χ4v) is 3.15. The molecular formula is C22H22N2O3S. The Hall–Kier alpha value is -3.12. The summed E-state index contributed by atoms with van der Waals surface area (Å²) in [6, 6.07) is 20.5. The maximum Gasteiger partial charge on any atom is 0.261 e. The van der Waals surface area contributed by atoms with E-state index in [-0.39, 0.29) is 11.8 Å². The number of rotatable bonds is 8. The van der Waals surface area contributed by atoms with Crippen molar-refractivity contribution in [1.82, 2.24) is 10.6 Å². The van der Waals surface area contributed by atoms with Gasteiger partial charge in [-0.25, -0.2) is 0 Å². The number of carbonyl (C=O) groups excluding carboxylic acids is 2. The summed E-state index contributed by atoms with van der Waals surface area (Å²) in [5, 5.41) is 7.38. The minimum Gasteiger partial charge on any atom is -0.489 e. The molecular weight excluding hydrogens is 372 g/mol. The summed E-state index contributed by atoms with van der Waals surface area (Å²) < 4.78 is 5.72. The zero-order valence-corrected chi connectivity index (χ0v) is 16.4. The van der Waals surface area contributed by atoms with E-state index in [4.69, 9.17) is 4.74 Å². The summed E-state index contributed by atoms with van der Waals surface area (Å²) in [7, 11) is 0. The quantitative estimate of drug-likeness (QED) is 0.611. The van der Waals surface area contributed by atoms with E-state index in [2.05, 4.69) is 10.6 Å². The molecule has 2 aromatic carbocycles. The van der Waals surface area contributed by atoms with Gasteiger partial charge in [-0.15, -0.1) is 11.3 Å². The van der Waals surface area contributed by atoms with E-state index in [1.54, 1.807) is 19.1 Å². The zero-order valence-electron chi connectivity index (χ0n) is 15.6. The number of hydrogen-bond donors (Lipinski definition) is 2. The molecule has 0 saturated heterocycles. The molecule has 0 aliphatic heterocycles. The first-order chi connectivity index (χ1) is 13.6. The van der Waals surface area contributed by atoms with E-state index in [1.165, 1.54) is 11.3 Å². The van der Waals surface area contributed by atoms with Crippen molar-refractivity contribution >= 4 is 23.2 Å². The van der Waals surface area contributed by atoms with Gasteiger partial charge in [0.15, 0.2) is 0 Å². The number of benzene rings is 2. The number of thiophene rings is 1. The Morgan fingerprint density at radius 3 is 2.36 bits per heavy atom. The van der Waals surface area contributed by atoms with Gasteiger partial charge in [0, 0.05) is 6.54 Å². The third-order valence-corrected chi connectivity index (χ3v) is 4.99. The molecule has 28 heavy (non-hydrogen) atoms. The lowest BCUT2D eigenvalue weighted by Gasteiger charge is -2.14. The van der Waals surface area contributed by atoms with Crippen molar-refractivity contribution in [2.45, 2.75) is 26.1 Å². The number of hydrogen-bond acceptors (Lipinski definition) is 4. The number of para-hydroxylation sites is 1. The zero-order chi connectivity index (χ0) is 19.8. The van der Waals surface area contributed by atoms with Gasteiger partial charge in [0.1, 0.15) is 18.4 Å². The molecule has 1 atom stereocenters. The van der Waals surface area contributed by atoms with Crippen molar-refractivity contribution in [2.75, 3.05) is 0 Å². The van der Waals surface area contributed by atoms with Crippen LogP contribution in [0.4, 0.5) is 0 Å². The van der Waals surface area contributed by atoms with E-state index in [0.29, 0.717) is 18.0 Å². The van der Waals surface area contributed by atoms with Crippen LogP contribution in [0.3, 0.4) is 0 Å². The second kappa shape index (κ2) is 9.71. The second-order valence-corrected chi connectivity index (χ2v) is 7.26. The predicted molar refractivity (Wildman–Crippen MR) is 110 cm³/mol. The van der Waals surface area contributed by atoms with Crippen LogP contribution in [-0.2, 0) is 17.9 Å². The summed E-state index contributed by atoms with van der Waals surface area (Å²) in [5.74, 6) is 0.374. The first kappa shape index (κ1) is 19.6. The highest BCUT2D eigenvalue weighted by Crippen LogP contribution is 2.12. The lowest BCUT2D eigenvalue weighted by atomic mass is 10.1. The normalized spacial score (nSPS) is 11.5. The third kappa shape index (κ3) is 5.69. The molecule has 0 fully saturated rings. The van der Waals surface area contributed by atoms with Crippen LogP contribution < -0.4 is 15.4 Å². The van der Waals surface area contributed by atoms with Gasteiger partial charge >= 0.3 is 0 Å². The van der Waals surface area contributed by atoms with E-state index < -0.39 is 6.04 Å². The molecule has 0 aliphatic rings. The minimum absolute atomic E-state index is 0.221. The Balaban J connectivity index is 1.43. The van der Waals surface area contributed by atoms with Gasteiger partial charge in [-0.3, -0.25) is 9.59 Å². The Morgan fingerprint density at radius 2 is 1.68 bits per heavy atom. The molecule has 5 nitrogen and oxygen atoms in total. The molecule has 3 aromatic rings. The highest BCUT2D eigenvalue weighted by Gasteiger charge is 2.16. The maximum atomic E-state index is 12.2. The van der Waals surface area contributed by atoms with E-state index in [9.17, 15) is 9.59 Å². The third-order valence-electron chi connectivity index (χ3n) is 4.12. The predicted octanol–water partition coefficient (Wildman–Crippen LogP) is 3.76. The highest BCUT2D eigenvalue weighted by molar-refractivity contribution is 7.12. The maximum absolute atomic E-state index is 12.2. The molecule has 6 heteroatoms. The molecule has 0 aliphatic carbocycles. The fraction of sp³-hybridized carbons (Fsp3) is 0.182. The lowest BCUT2D eigenvalue weighted by molar-refractivity contribution is -0.122. The van der Waals surface area contributed by atoms with Crippen molar-refractivity contribution in [2.24, 2.45) is 0 Å². The number of carbonyl (C=O) groups is 2. The minimum atomic E-state index is -0.604. The monoisotopic (exact) mass is 394 g/mol. The van der Waals surface area contributed by atoms with Crippen molar-refractivity contribution in [1.29, 1.82) is 0 Å². The van der Waals surface area contributed by atoms with Crippen LogP contribution in [-0.4, -0.2) is 17.9 Å². The fourth-order valence-electron chi connectivity index (χ4n) is 2.52. The summed E-state index contributed by atoms with van der Waals surface area (Å²) in [6.45, 7) is 2.56. The summed E-state index contributed by atoms with van der Waals surface area (Å²) in [6.07, 6.45) is 0. The molecule has 144 valence electrons. The molecule has 0 bridgehead atoms. The van der Waals surface area contributed by atoms with E-state index in [0.717, 1.165) is 16.9 Å². The lowest BCUT2D eigenvalue weighted by Crippen LogP contribution is -2.44. The number of nitrogens with one attached hydrogen (secondary N) is 2. The second-order valence-electron chi connectivity index (χ2n) is 6.31. The van der Waals surface area contributed by atoms with Crippen molar-refractivity contribution in [3.8, 4) is 5.75 Å². The van der Waals surface area contributed by atoms with Crippen LogP contribution in [0, 0.1) is 0 Å². The molecule has 0 saturated carbocycles. The first-order valence-corrected chi connectivity index (χ1v) is 9.87. The van der Waals surface area contributed by atoms with Crippen LogP contribution in [0.15, 0.2) is 72.1 Å². The Morgan fingerprint density at radius 1 is 0.964 bits per heavy atom. The van der Waals surface area contributed by atoms with Crippen molar-refractivity contribution in [3.63, 3.8) is 0 Å². The first-order valence-electron chi connectivity index (χ1n) is 8.99. The average molecular weight is 394 g/mol. The topological polar surface area (TPSA) is 67.4 Å². The standard InChI is InChI=1S/C22H22N2O3S/c1-16(24-22(26)20-8-5-13-28-20)21(25)23-14-17-9-11-18(12-10-17)15-27-19-6-3-2-4-7-19/h2-13,16H,14-15H2,1H3,(H,23,25)(H,24,26). The molecule has 2 N–H and O–H groups in total. The van der Waals surface area contributed by atoms with Gasteiger partial charge in [0.25, 0.3) is 5.91 Å². The molecule has 1 unspecified atom stereocenters. The summed E-state index contributed by atoms with van der Waals surface area (Å²) in [4.78, 5) is 24.8. The molecule has 2 amide bonds. The molecule has 3 rings (SSSR count). The van der Waals surface area contributed by atoms with Gasteiger partial charge in [-0.1, -0.05) is 48.5 Å².